The molecule has 0 heterocycles. The Kier molecular flexibility index (Phi) is 5.99. The molecule has 1 amide bonds. The highest BCUT2D eigenvalue weighted by atomic mass is 79.9. The molecule has 2 aromatic rings. The van der Waals surface area contributed by atoms with Crippen LogP contribution in [0.15, 0.2) is 52.0 Å². The van der Waals surface area contributed by atoms with Gasteiger partial charge in [-0.3, -0.25) is 4.79 Å². The first kappa shape index (κ1) is 16.8. The average Bonchev–Trinajstić information content (AvgIpc) is 2.53. The van der Waals surface area contributed by atoms with E-state index in [4.69, 9.17) is 9.47 Å². The highest BCUT2D eigenvalue weighted by molar-refractivity contribution is 9.10. The molecule has 0 aliphatic heterocycles. The van der Waals surface area contributed by atoms with Gasteiger partial charge in [0.1, 0.15) is 5.75 Å². The van der Waals surface area contributed by atoms with Gasteiger partial charge < -0.3 is 14.6 Å². The number of halogens is 1. The summed E-state index contributed by atoms with van der Waals surface area (Å²) in [7, 11) is 1.52. The summed E-state index contributed by atoms with van der Waals surface area (Å²) in [6, 6.07) is 11.7. The molecule has 0 atom stereocenters. The largest absolute Gasteiger partial charge is 0.508 e. The lowest BCUT2D eigenvalue weighted by Gasteiger charge is -2.10. The van der Waals surface area contributed by atoms with Gasteiger partial charge in [0.25, 0.3) is 5.91 Å². The van der Waals surface area contributed by atoms with Crippen molar-refractivity contribution in [1.29, 1.82) is 0 Å². The molecular weight excluding hydrogens is 364 g/mol. The lowest BCUT2D eigenvalue weighted by molar-refractivity contribution is -0.123. The van der Waals surface area contributed by atoms with Crippen LogP contribution in [-0.2, 0) is 4.79 Å². The molecule has 0 saturated carbocycles. The summed E-state index contributed by atoms with van der Waals surface area (Å²) < 4.78 is 11.4. The SMILES string of the molecule is COc1cc(Br)ccc1OCC(=O)N/N=C/c1cccc(O)c1. The molecule has 23 heavy (non-hydrogen) atoms. The first-order valence-electron chi connectivity index (χ1n) is 6.66. The smallest absolute Gasteiger partial charge is 0.277 e. The molecule has 120 valence electrons. The first-order valence-corrected chi connectivity index (χ1v) is 7.45. The van der Waals surface area contributed by atoms with Crippen molar-refractivity contribution < 1.29 is 19.4 Å². The Morgan fingerprint density at radius 2 is 2.13 bits per heavy atom. The fourth-order valence-electron chi connectivity index (χ4n) is 1.72. The Balaban J connectivity index is 1.86. The molecule has 2 aromatic carbocycles. The highest BCUT2D eigenvalue weighted by Crippen LogP contribution is 2.29. The lowest BCUT2D eigenvalue weighted by Crippen LogP contribution is -2.24. The standard InChI is InChI=1S/C16H15BrN2O4/c1-22-15-8-12(17)5-6-14(15)23-10-16(21)19-18-9-11-3-2-4-13(20)7-11/h2-9,20H,10H2,1H3,(H,19,21)/b18-9+. The molecule has 0 unspecified atom stereocenters. The number of nitrogens with one attached hydrogen (secondary N) is 1. The van der Waals surface area contributed by atoms with E-state index in [1.807, 2.05) is 0 Å². The predicted molar refractivity (Wildman–Crippen MR) is 90.0 cm³/mol. The third-order valence-electron chi connectivity index (χ3n) is 2.76. The van der Waals surface area contributed by atoms with Crippen LogP contribution in [-0.4, -0.2) is 30.9 Å². The molecule has 0 radical (unpaired) electrons. The van der Waals surface area contributed by atoms with Gasteiger partial charge >= 0.3 is 0 Å². The Hall–Kier alpha value is -2.54. The number of phenolic OH excluding ortho intramolecular Hbond substituents is 1. The van der Waals surface area contributed by atoms with Crippen LogP contribution in [0, 0.1) is 0 Å². The summed E-state index contributed by atoms with van der Waals surface area (Å²) in [6.07, 6.45) is 1.43. The summed E-state index contributed by atoms with van der Waals surface area (Å²) in [5.74, 6) is 0.704. The van der Waals surface area contributed by atoms with E-state index in [-0.39, 0.29) is 12.4 Å². The number of hydrazone groups is 1. The number of methoxy groups -OCH3 is 1. The molecule has 7 heteroatoms. The number of carbonyl (C=O) groups excluding carboxylic acids is 1. The van der Waals surface area contributed by atoms with Crippen molar-refractivity contribution >= 4 is 28.1 Å². The Labute approximate surface area is 141 Å². The predicted octanol–water partition coefficient (Wildman–Crippen LogP) is 2.69. The van der Waals surface area contributed by atoms with Crippen molar-refractivity contribution in [1.82, 2.24) is 5.43 Å². The van der Waals surface area contributed by atoms with Gasteiger partial charge in [0.15, 0.2) is 18.1 Å². The topological polar surface area (TPSA) is 80.2 Å². The number of amides is 1. The zero-order valence-electron chi connectivity index (χ0n) is 12.3. The maximum absolute atomic E-state index is 11.7. The van der Waals surface area contributed by atoms with Crippen LogP contribution in [0.2, 0.25) is 0 Å². The molecule has 0 aliphatic carbocycles. The molecule has 0 aliphatic rings. The molecule has 0 bridgehead atoms. The number of ether oxygens (including phenoxy) is 2. The van der Waals surface area contributed by atoms with Crippen LogP contribution in [0.25, 0.3) is 0 Å². The molecule has 2 rings (SSSR count). The number of aromatic hydroxyl groups is 1. The normalized spacial score (nSPS) is 10.5. The van der Waals surface area contributed by atoms with Crippen LogP contribution in [0.1, 0.15) is 5.56 Å². The number of phenols is 1. The third-order valence-corrected chi connectivity index (χ3v) is 3.25. The molecule has 2 N–H and O–H groups in total. The minimum absolute atomic E-state index is 0.131. The second-order valence-electron chi connectivity index (χ2n) is 4.47. The summed E-state index contributed by atoms with van der Waals surface area (Å²) in [5.41, 5.74) is 3.01. The molecule has 0 spiro atoms. The maximum atomic E-state index is 11.7. The minimum Gasteiger partial charge on any atom is -0.508 e. The molecule has 0 saturated heterocycles. The van der Waals surface area contributed by atoms with Crippen LogP contribution >= 0.6 is 15.9 Å². The van der Waals surface area contributed by atoms with E-state index in [2.05, 4.69) is 26.5 Å². The van der Waals surface area contributed by atoms with Crippen LogP contribution in [0.4, 0.5) is 0 Å². The number of benzene rings is 2. The van der Waals surface area contributed by atoms with Crippen molar-refractivity contribution in [2.75, 3.05) is 13.7 Å². The average molecular weight is 379 g/mol. The fraction of sp³-hybridized carbons (Fsp3) is 0.125. The monoisotopic (exact) mass is 378 g/mol. The fourth-order valence-corrected chi connectivity index (χ4v) is 2.06. The van der Waals surface area contributed by atoms with E-state index < -0.39 is 5.91 Å². The summed E-state index contributed by atoms with van der Waals surface area (Å²) >= 11 is 3.33. The van der Waals surface area contributed by atoms with E-state index in [1.165, 1.54) is 19.4 Å². The highest BCUT2D eigenvalue weighted by Gasteiger charge is 2.07. The Morgan fingerprint density at radius 1 is 1.30 bits per heavy atom. The Bertz CT molecular complexity index is 719. The van der Waals surface area contributed by atoms with Gasteiger partial charge in [-0.2, -0.15) is 5.10 Å². The number of nitrogens with zero attached hydrogens (tertiary/aromatic N) is 1. The van der Waals surface area contributed by atoms with Crippen molar-refractivity contribution in [2.24, 2.45) is 5.10 Å². The molecular formula is C16H15BrN2O4. The zero-order chi connectivity index (χ0) is 16.7. The van der Waals surface area contributed by atoms with E-state index >= 15 is 0 Å². The van der Waals surface area contributed by atoms with Crippen LogP contribution in [0.3, 0.4) is 0 Å². The molecule has 0 fully saturated rings. The van der Waals surface area contributed by atoms with Crippen molar-refractivity contribution in [3.05, 3.63) is 52.5 Å². The second kappa shape index (κ2) is 8.19. The summed E-state index contributed by atoms with van der Waals surface area (Å²) in [5, 5.41) is 13.1. The summed E-state index contributed by atoms with van der Waals surface area (Å²) in [4.78, 5) is 11.7. The quantitative estimate of drug-likeness (QED) is 0.598. The van der Waals surface area contributed by atoms with Gasteiger partial charge in [0.2, 0.25) is 0 Å². The minimum atomic E-state index is -0.411. The molecule has 6 nitrogen and oxygen atoms in total. The molecule has 0 aromatic heterocycles. The number of rotatable bonds is 6. The van der Waals surface area contributed by atoms with Crippen molar-refractivity contribution in [2.45, 2.75) is 0 Å². The first-order chi connectivity index (χ1) is 11.1. The van der Waals surface area contributed by atoms with E-state index in [9.17, 15) is 9.90 Å². The second-order valence-corrected chi connectivity index (χ2v) is 5.39. The number of carbonyl (C=O) groups is 1. The van der Waals surface area contributed by atoms with Gasteiger partial charge in [0, 0.05) is 4.47 Å². The number of hydrogen-bond donors (Lipinski definition) is 2. The zero-order valence-corrected chi connectivity index (χ0v) is 13.9. The number of hydrogen-bond acceptors (Lipinski definition) is 5. The van der Waals surface area contributed by atoms with Gasteiger partial charge in [-0.05, 0) is 35.9 Å². The third kappa shape index (κ3) is 5.30. The van der Waals surface area contributed by atoms with E-state index in [0.717, 1.165) is 4.47 Å². The van der Waals surface area contributed by atoms with Crippen molar-refractivity contribution in [3.63, 3.8) is 0 Å². The van der Waals surface area contributed by atoms with Gasteiger partial charge in [-0.1, -0.05) is 28.1 Å². The Morgan fingerprint density at radius 3 is 2.87 bits per heavy atom. The van der Waals surface area contributed by atoms with Gasteiger partial charge in [0.05, 0.1) is 13.3 Å². The summed E-state index contributed by atoms with van der Waals surface area (Å²) in [6.45, 7) is -0.199. The van der Waals surface area contributed by atoms with E-state index in [0.29, 0.717) is 17.1 Å². The van der Waals surface area contributed by atoms with Gasteiger partial charge in [-0.25, -0.2) is 5.43 Å². The van der Waals surface area contributed by atoms with Crippen molar-refractivity contribution in [3.8, 4) is 17.2 Å². The van der Waals surface area contributed by atoms with E-state index in [1.54, 1.807) is 36.4 Å². The van der Waals surface area contributed by atoms with Crippen LogP contribution < -0.4 is 14.9 Å². The lowest BCUT2D eigenvalue weighted by atomic mass is 10.2. The van der Waals surface area contributed by atoms with Crippen LogP contribution in [0.5, 0.6) is 17.2 Å². The van der Waals surface area contributed by atoms with Gasteiger partial charge in [-0.15, -0.1) is 0 Å². The maximum Gasteiger partial charge on any atom is 0.277 e.